The number of hydrogen-bond donors (Lipinski definition) is 1. The van der Waals surface area contributed by atoms with Gasteiger partial charge >= 0.3 is 0 Å². The van der Waals surface area contributed by atoms with Crippen LogP contribution in [0.3, 0.4) is 0 Å². The first-order chi connectivity index (χ1) is 9.10. The van der Waals surface area contributed by atoms with E-state index in [9.17, 15) is 0 Å². The molecule has 19 heavy (non-hydrogen) atoms. The minimum atomic E-state index is 0.134. The van der Waals surface area contributed by atoms with E-state index >= 15 is 0 Å². The van der Waals surface area contributed by atoms with Crippen LogP contribution in [-0.4, -0.2) is 21.2 Å². The van der Waals surface area contributed by atoms with Crippen molar-refractivity contribution >= 4 is 28.9 Å². The third-order valence-corrected chi connectivity index (χ3v) is 4.44. The maximum Gasteiger partial charge on any atom is 0.146 e. The zero-order chi connectivity index (χ0) is 13.8. The second-order valence-electron chi connectivity index (χ2n) is 4.58. The van der Waals surface area contributed by atoms with Gasteiger partial charge < -0.3 is 5.32 Å². The van der Waals surface area contributed by atoms with Gasteiger partial charge in [0.05, 0.1) is 29.1 Å². The normalized spacial score (nSPS) is 12.7. The van der Waals surface area contributed by atoms with Crippen molar-refractivity contribution in [1.82, 2.24) is 15.0 Å². The third kappa shape index (κ3) is 3.67. The van der Waals surface area contributed by atoms with Gasteiger partial charge in [-0.1, -0.05) is 13.8 Å². The summed E-state index contributed by atoms with van der Waals surface area (Å²) >= 11 is 3.30. The molecule has 0 aliphatic rings. The Morgan fingerprint density at radius 3 is 2.63 bits per heavy atom. The van der Waals surface area contributed by atoms with E-state index in [-0.39, 0.29) is 6.04 Å². The van der Waals surface area contributed by atoms with Crippen LogP contribution in [0.25, 0.3) is 0 Å². The summed E-state index contributed by atoms with van der Waals surface area (Å²) in [6, 6.07) is 0.134. The van der Waals surface area contributed by atoms with Gasteiger partial charge in [0, 0.05) is 11.3 Å². The van der Waals surface area contributed by atoms with Crippen molar-refractivity contribution in [3.8, 4) is 0 Å². The molecule has 0 spiro atoms. The van der Waals surface area contributed by atoms with E-state index in [2.05, 4.69) is 46.4 Å². The highest BCUT2D eigenvalue weighted by atomic mass is 32.2. The Bertz CT molecular complexity index is 539. The molecule has 0 aliphatic carbocycles. The molecule has 0 bridgehead atoms. The highest BCUT2D eigenvalue weighted by Crippen LogP contribution is 2.24. The second-order valence-corrected chi connectivity index (χ2v) is 6.29. The lowest BCUT2D eigenvalue weighted by Gasteiger charge is -2.12. The minimum Gasteiger partial charge on any atom is -0.361 e. The quantitative estimate of drug-likeness (QED) is 0.846. The first kappa shape index (κ1) is 14.3. The lowest BCUT2D eigenvalue weighted by Crippen LogP contribution is -2.09. The summed E-state index contributed by atoms with van der Waals surface area (Å²) in [5.74, 6) is 1.27. The van der Waals surface area contributed by atoms with E-state index in [1.54, 1.807) is 35.5 Å². The van der Waals surface area contributed by atoms with Gasteiger partial charge in [-0.3, -0.25) is 4.98 Å². The molecule has 6 heteroatoms. The van der Waals surface area contributed by atoms with Crippen molar-refractivity contribution in [3.05, 3.63) is 28.5 Å². The maximum atomic E-state index is 4.65. The molecule has 2 heterocycles. The molecule has 1 unspecified atom stereocenters. The van der Waals surface area contributed by atoms with Crippen molar-refractivity contribution in [2.24, 2.45) is 0 Å². The fourth-order valence-corrected chi connectivity index (χ4v) is 2.86. The number of thiazole rings is 1. The first-order valence-electron chi connectivity index (χ1n) is 6.18. The predicted molar refractivity (Wildman–Crippen MR) is 82.1 cm³/mol. The number of hydrogen-bond acceptors (Lipinski definition) is 6. The van der Waals surface area contributed by atoms with Gasteiger partial charge in [0.1, 0.15) is 10.8 Å². The molecule has 0 amide bonds. The lowest BCUT2D eigenvalue weighted by atomic mass is 10.2. The number of rotatable bonds is 5. The van der Waals surface area contributed by atoms with Crippen LogP contribution in [0, 0.1) is 0 Å². The molecule has 2 rings (SSSR count). The van der Waals surface area contributed by atoms with Crippen LogP contribution < -0.4 is 5.32 Å². The minimum absolute atomic E-state index is 0.134. The number of nitrogens with zero attached hydrogens (tertiary/aromatic N) is 3. The molecule has 0 saturated heterocycles. The summed E-state index contributed by atoms with van der Waals surface area (Å²) in [5, 5.41) is 7.54. The Morgan fingerprint density at radius 2 is 2.00 bits per heavy atom. The van der Waals surface area contributed by atoms with Crippen LogP contribution in [-0.2, 0) is 0 Å². The molecule has 102 valence electrons. The smallest absolute Gasteiger partial charge is 0.146 e. The Hall–Kier alpha value is -1.14. The van der Waals surface area contributed by atoms with E-state index in [0.717, 1.165) is 16.5 Å². The van der Waals surface area contributed by atoms with E-state index in [4.69, 9.17) is 0 Å². The Labute approximate surface area is 122 Å². The summed E-state index contributed by atoms with van der Waals surface area (Å²) in [7, 11) is 0. The molecule has 2 aromatic heterocycles. The largest absolute Gasteiger partial charge is 0.361 e. The predicted octanol–water partition coefficient (Wildman–Crippen LogP) is 3.95. The van der Waals surface area contributed by atoms with Crippen LogP contribution in [0.2, 0.25) is 0 Å². The molecule has 1 N–H and O–H groups in total. The van der Waals surface area contributed by atoms with E-state index in [1.807, 2.05) is 6.26 Å². The van der Waals surface area contributed by atoms with Gasteiger partial charge in [-0.15, -0.1) is 23.1 Å². The molecule has 0 aromatic carbocycles. The SMILES string of the molecule is CSc1cncc(NC(C)c2csc(C(C)C)n2)n1. The third-order valence-electron chi connectivity index (χ3n) is 2.66. The van der Waals surface area contributed by atoms with Crippen LogP contribution in [0.15, 0.2) is 22.8 Å². The molecule has 0 saturated carbocycles. The average Bonchev–Trinajstić information content (AvgIpc) is 2.89. The Kier molecular flexibility index (Phi) is 4.76. The molecule has 0 radical (unpaired) electrons. The van der Waals surface area contributed by atoms with Crippen molar-refractivity contribution in [1.29, 1.82) is 0 Å². The average molecular weight is 294 g/mol. The van der Waals surface area contributed by atoms with Crippen LogP contribution >= 0.6 is 23.1 Å². The Balaban J connectivity index is 2.08. The van der Waals surface area contributed by atoms with Crippen LogP contribution in [0.1, 0.15) is 43.4 Å². The molecular formula is C13H18N4S2. The van der Waals surface area contributed by atoms with Gasteiger partial charge in [-0.05, 0) is 13.2 Å². The maximum absolute atomic E-state index is 4.65. The zero-order valence-corrected chi connectivity index (χ0v) is 13.2. The topological polar surface area (TPSA) is 50.7 Å². The monoisotopic (exact) mass is 294 g/mol. The van der Waals surface area contributed by atoms with E-state index in [0.29, 0.717) is 5.92 Å². The lowest BCUT2D eigenvalue weighted by molar-refractivity contribution is 0.795. The summed E-state index contributed by atoms with van der Waals surface area (Å²) < 4.78 is 0. The number of nitrogens with one attached hydrogen (secondary N) is 1. The molecule has 0 fully saturated rings. The fraction of sp³-hybridized carbons (Fsp3) is 0.462. The number of aromatic nitrogens is 3. The van der Waals surface area contributed by atoms with Gasteiger partial charge in [0.15, 0.2) is 0 Å². The number of thioether (sulfide) groups is 1. The molecule has 4 nitrogen and oxygen atoms in total. The van der Waals surface area contributed by atoms with Gasteiger partial charge in [-0.2, -0.15) is 0 Å². The van der Waals surface area contributed by atoms with Crippen LogP contribution in [0.4, 0.5) is 5.82 Å². The molecule has 1 atom stereocenters. The summed E-state index contributed by atoms with van der Waals surface area (Å²) in [6.45, 7) is 6.41. The first-order valence-corrected chi connectivity index (χ1v) is 8.28. The Morgan fingerprint density at radius 1 is 1.21 bits per heavy atom. The van der Waals surface area contributed by atoms with Crippen molar-refractivity contribution in [2.45, 2.75) is 37.8 Å². The van der Waals surface area contributed by atoms with Gasteiger partial charge in [0.25, 0.3) is 0 Å². The fourth-order valence-electron chi connectivity index (χ4n) is 1.58. The van der Waals surface area contributed by atoms with Crippen molar-refractivity contribution in [2.75, 3.05) is 11.6 Å². The van der Waals surface area contributed by atoms with Crippen molar-refractivity contribution in [3.63, 3.8) is 0 Å². The van der Waals surface area contributed by atoms with Crippen molar-refractivity contribution < 1.29 is 0 Å². The standard InChI is InChI=1S/C13H18N4S2/c1-8(2)13-16-10(7-19-13)9(3)15-11-5-14-6-12(17-11)18-4/h5-9H,1-4H3,(H,15,17). The summed E-state index contributed by atoms with van der Waals surface area (Å²) in [6.07, 6.45) is 5.50. The highest BCUT2D eigenvalue weighted by Gasteiger charge is 2.12. The van der Waals surface area contributed by atoms with E-state index in [1.165, 1.54) is 5.01 Å². The molecular weight excluding hydrogens is 276 g/mol. The van der Waals surface area contributed by atoms with E-state index < -0.39 is 0 Å². The molecule has 2 aromatic rings. The van der Waals surface area contributed by atoms with Crippen LogP contribution in [0.5, 0.6) is 0 Å². The second kappa shape index (κ2) is 6.34. The highest BCUT2D eigenvalue weighted by molar-refractivity contribution is 7.98. The van der Waals surface area contributed by atoms with Gasteiger partial charge in [-0.25, -0.2) is 9.97 Å². The zero-order valence-electron chi connectivity index (χ0n) is 11.5. The summed E-state index contributed by atoms with van der Waals surface area (Å²) in [4.78, 5) is 13.3. The number of anilines is 1. The summed E-state index contributed by atoms with van der Waals surface area (Å²) in [5.41, 5.74) is 1.06. The van der Waals surface area contributed by atoms with Gasteiger partial charge in [0.2, 0.25) is 0 Å². The molecule has 0 aliphatic heterocycles.